The molecule has 102 valence electrons. The van der Waals surface area contributed by atoms with Crippen LogP contribution in [0.25, 0.3) is 0 Å². The number of alkyl halides is 1. The fourth-order valence-corrected chi connectivity index (χ4v) is 1.78. The predicted octanol–water partition coefficient (Wildman–Crippen LogP) is 5.14. The summed E-state index contributed by atoms with van der Waals surface area (Å²) < 4.78 is 5.64. The summed E-state index contributed by atoms with van der Waals surface area (Å²) in [6, 6.07) is 20.6. The molecule has 0 aliphatic heterocycles. The monoisotopic (exact) mass is 368 g/mol. The van der Waals surface area contributed by atoms with Gasteiger partial charge in [0.05, 0.1) is 6.61 Å². The van der Waals surface area contributed by atoms with Crippen molar-refractivity contribution >= 4 is 22.6 Å². The minimum absolute atomic E-state index is 0.802. The maximum Gasteiger partial charge on any atom is 0.119 e. The lowest BCUT2D eigenvalue weighted by atomic mass is 10.1. The molecule has 0 N–H and O–H groups in total. The van der Waals surface area contributed by atoms with Gasteiger partial charge in [-0.1, -0.05) is 71.1 Å². The van der Waals surface area contributed by atoms with Crippen molar-refractivity contribution in [1.82, 2.24) is 0 Å². The van der Waals surface area contributed by atoms with Gasteiger partial charge in [0.15, 0.2) is 0 Å². The number of halogens is 1. The second-order valence-corrected chi connectivity index (χ2v) is 4.10. The summed E-state index contributed by atoms with van der Waals surface area (Å²) >= 11 is 2.15. The number of hydrogen-bond acceptors (Lipinski definition) is 1. The van der Waals surface area contributed by atoms with Crippen LogP contribution in [0.15, 0.2) is 60.7 Å². The van der Waals surface area contributed by atoms with E-state index in [0.717, 1.165) is 25.2 Å². The average Bonchev–Trinajstić information content (AvgIpc) is 2.51. The van der Waals surface area contributed by atoms with E-state index < -0.39 is 0 Å². The molecule has 0 saturated heterocycles. The van der Waals surface area contributed by atoms with Crippen molar-refractivity contribution in [3.05, 3.63) is 66.2 Å². The SMILES string of the molecule is CI.c1ccc(CCCCOc2ccccc2)cc1. The van der Waals surface area contributed by atoms with Crippen LogP contribution in [0.4, 0.5) is 0 Å². The molecule has 0 spiro atoms. The molecule has 0 saturated carbocycles. The summed E-state index contributed by atoms with van der Waals surface area (Å²) in [6.07, 6.45) is 3.42. The van der Waals surface area contributed by atoms with Crippen LogP contribution in [-0.4, -0.2) is 11.5 Å². The van der Waals surface area contributed by atoms with Crippen LogP contribution in [0.5, 0.6) is 5.75 Å². The molecule has 1 nitrogen and oxygen atoms in total. The number of aryl methyl sites for hydroxylation is 1. The maximum atomic E-state index is 5.64. The molecular formula is C17H21IO. The van der Waals surface area contributed by atoms with Crippen molar-refractivity contribution in [3.8, 4) is 5.75 Å². The van der Waals surface area contributed by atoms with Crippen LogP contribution in [0.1, 0.15) is 18.4 Å². The third-order valence-electron chi connectivity index (χ3n) is 2.71. The molecule has 0 heterocycles. The first-order valence-electron chi connectivity index (χ1n) is 6.55. The minimum atomic E-state index is 0.802. The Hall–Kier alpha value is -1.03. The Morgan fingerprint density at radius 3 is 2.00 bits per heavy atom. The van der Waals surface area contributed by atoms with Gasteiger partial charge < -0.3 is 4.74 Å². The lowest BCUT2D eigenvalue weighted by Gasteiger charge is -2.05. The Morgan fingerprint density at radius 2 is 1.37 bits per heavy atom. The van der Waals surface area contributed by atoms with Crippen LogP contribution in [-0.2, 0) is 6.42 Å². The highest BCUT2D eigenvalue weighted by Crippen LogP contribution is 2.10. The summed E-state index contributed by atoms with van der Waals surface area (Å²) in [6.45, 7) is 0.802. The molecule has 0 fully saturated rings. The molecule has 2 rings (SSSR count). The van der Waals surface area contributed by atoms with E-state index in [1.54, 1.807) is 0 Å². The van der Waals surface area contributed by atoms with Gasteiger partial charge in [-0.25, -0.2) is 0 Å². The normalized spacial score (nSPS) is 9.37. The van der Waals surface area contributed by atoms with Crippen LogP contribution < -0.4 is 4.74 Å². The predicted molar refractivity (Wildman–Crippen MR) is 91.3 cm³/mol. The first-order chi connectivity index (χ1) is 9.45. The van der Waals surface area contributed by atoms with Crippen molar-refractivity contribution in [2.75, 3.05) is 11.5 Å². The van der Waals surface area contributed by atoms with E-state index in [9.17, 15) is 0 Å². The average molecular weight is 368 g/mol. The molecule has 2 heteroatoms. The second-order valence-electron chi connectivity index (χ2n) is 4.10. The van der Waals surface area contributed by atoms with Crippen molar-refractivity contribution in [2.24, 2.45) is 0 Å². The Morgan fingerprint density at radius 1 is 0.789 bits per heavy atom. The van der Waals surface area contributed by atoms with Gasteiger partial charge >= 0.3 is 0 Å². The number of hydrogen-bond donors (Lipinski definition) is 0. The van der Waals surface area contributed by atoms with E-state index in [2.05, 4.69) is 52.9 Å². The van der Waals surface area contributed by atoms with Crippen molar-refractivity contribution in [1.29, 1.82) is 0 Å². The zero-order valence-electron chi connectivity index (χ0n) is 11.4. The van der Waals surface area contributed by atoms with Gasteiger partial charge in [-0.15, -0.1) is 0 Å². The Bertz CT molecular complexity index is 372. The lowest BCUT2D eigenvalue weighted by molar-refractivity contribution is 0.307. The Balaban J connectivity index is 0.000000861. The number of benzene rings is 2. The van der Waals surface area contributed by atoms with Crippen LogP contribution in [0, 0.1) is 0 Å². The maximum absolute atomic E-state index is 5.64. The first kappa shape index (κ1) is 16.0. The van der Waals surface area contributed by atoms with Gasteiger partial charge in [0, 0.05) is 0 Å². The minimum Gasteiger partial charge on any atom is -0.494 e. The van der Waals surface area contributed by atoms with Crippen molar-refractivity contribution < 1.29 is 4.74 Å². The number of para-hydroxylation sites is 1. The van der Waals surface area contributed by atoms with E-state index in [4.69, 9.17) is 4.74 Å². The number of ether oxygens (including phenoxy) is 1. The van der Waals surface area contributed by atoms with E-state index in [1.165, 1.54) is 12.0 Å². The van der Waals surface area contributed by atoms with Crippen molar-refractivity contribution in [2.45, 2.75) is 19.3 Å². The molecule has 0 aromatic heterocycles. The van der Waals surface area contributed by atoms with Crippen LogP contribution >= 0.6 is 22.6 Å². The number of rotatable bonds is 6. The fourth-order valence-electron chi connectivity index (χ4n) is 1.78. The molecule has 19 heavy (non-hydrogen) atoms. The quantitative estimate of drug-likeness (QED) is 0.390. The summed E-state index contributed by atoms with van der Waals surface area (Å²) in [5, 5.41) is 0. The number of unbranched alkanes of at least 4 members (excludes halogenated alkanes) is 1. The third kappa shape index (κ3) is 7.21. The standard InChI is InChI=1S/C16H18O.CH3I/c1-3-9-15(10-4-1)11-7-8-14-17-16-12-5-2-6-13-16;1-2/h1-6,9-10,12-13H,7-8,11,14H2;1H3. The second kappa shape index (κ2) is 10.9. The molecule has 0 amide bonds. The van der Waals surface area contributed by atoms with Gasteiger partial charge in [-0.05, 0) is 41.9 Å². The van der Waals surface area contributed by atoms with E-state index in [-0.39, 0.29) is 0 Å². The smallest absolute Gasteiger partial charge is 0.119 e. The lowest BCUT2D eigenvalue weighted by Crippen LogP contribution is -1.98. The highest BCUT2D eigenvalue weighted by Gasteiger charge is 1.94. The molecule has 0 bridgehead atoms. The fraction of sp³-hybridized carbons (Fsp3) is 0.294. The molecule has 0 radical (unpaired) electrons. The molecule has 0 aliphatic carbocycles. The van der Waals surface area contributed by atoms with Gasteiger partial charge in [0.2, 0.25) is 0 Å². The van der Waals surface area contributed by atoms with Crippen LogP contribution in [0.3, 0.4) is 0 Å². The third-order valence-corrected chi connectivity index (χ3v) is 2.71. The van der Waals surface area contributed by atoms with Gasteiger partial charge in [0.25, 0.3) is 0 Å². The summed E-state index contributed by atoms with van der Waals surface area (Å²) in [5.41, 5.74) is 1.41. The highest BCUT2D eigenvalue weighted by atomic mass is 127. The zero-order valence-corrected chi connectivity index (χ0v) is 13.5. The summed E-state index contributed by atoms with van der Waals surface area (Å²) in [7, 11) is 0. The van der Waals surface area contributed by atoms with E-state index in [0.29, 0.717) is 0 Å². The Labute approximate surface area is 130 Å². The molecule has 0 unspecified atom stereocenters. The zero-order chi connectivity index (χ0) is 13.8. The van der Waals surface area contributed by atoms with Gasteiger partial charge in [-0.2, -0.15) is 0 Å². The molecule has 2 aromatic carbocycles. The van der Waals surface area contributed by atoms with Gasteiger partial charge in [-0.3, -0.25) is 0 Å². The molecule has 2 aromatic rings. The summed E-state index contributed by atoms with van der Waals surface area (Å²) in [5.74, 6) is 0.965. The molecule has 0 atom stereocenters. The largest absolute Gasteiger partial charge is 0.494 e. The topological polar surface area (TPSA) is 9.23 Å². The molecule has 0 aliphatic rings. The van der Waals surface area contributed by atoms with Crippen molar-refractivity contribution in [3.63, 3.8) is 0 Å². The van der Waals surface area contributed by atoms with Gasteiger partial charge in [0.1, 0.15) is 5.75 Å². The van der Waals surface area contributed by atoms with E-state index >= 15 is 0 Å². The first-order valence-corrected chi connectivity index (χ1v) is 8.70. The Kier molecular flexibility index (Phi) is 9.15. The van der Waals surface area contributed by atoms with E-state index in [1.807, 2.05) is 35.3 Å². The molecular weight excluding hydrogens is 347 g/mol. The van der Waals surface area contributed by atoms with Crippen LogP contribution in [0.2, 0.25) is 0 Å². The highest BCUT2D eigenvalue weighted by molar-refractivity contribution is 14.1. The summed E-state index contributed by atoms with van der Waals surface area (Å²) in [4.78, 5) is 1.97.